The smallest absolute Gasteiger partial charge is 0.416 e. The quantitative estimate of drug-likeness (QED) is 0.417. The first-order chi connectivity index (χ1) is 10.6. The van der Waals surface area contributed by atoms with Crippen LogP contribution in [0.1, 0.15) is 11.1 Å². The minimum Gasteiger partial charge on any atom is -0.452 e. The van der Waals surface area contributed by atoms with Gasteiger partial charge in [-0.3, -0.25) is 10.1 Å². The number of rotatable bonds is 3. The molecule has 0 heterocycles. The minimum absolute atomic E-state index is 0.122. The van der Waals surface area contributed by atoms with Gasteiger partial charge >= 0.3 is 6.18 Å². The van der Waals surface area contributed by atoms with Gasteiger partial charge in [0.2, 0.25) is 0 Å². The van der Waals surface area contributed by atoms with E-state index in [1.54, 1.807) is 0 Å². The highest BCUT2D eigenvalue weighted by molar-refractivity contribution is 6.32. The largest absolute Gasteiger partial charge is 0.452 e. The first kappa shape index (κ1) is 17.0. The molecule has 0 bridgehead atoms. The summed E-state index contributed by atoms with van der Waals surface area (Å²) in [7, 11) is 0. The third-order valence-corrected chi connectivity index (χ3v) is 3.20. The number of nitro groups is 1. The molecule has 122 valence electrons. The molecule has 0 atom stereocenters. The van der Waals surface area contributed by atoms with Crippen molar-refractivity contribution in [3.63, 3.8) is 0 Å². The molecule has 2 aromatic rings. The van der Waals surface area contributed by atoms with E-state index in [4.69, 9.17) is 16.3 Å². The van der Waals surface area contributed by atoms with Gasteiger partial charge in [0.1, 0.15) is 5.75 Å². The van der Waals surface area contributed by atoms with Gasteiger partial charge in [-0.1, -0.05) is 11.6 Å². The van der Waals surface area contributed by atoms with E-state index in [0.717, 1.165) is 6.07 Å². The van der Waals surface area contributed by atoms with Crippen molar-refractivity contribution in [2.45, 2.75) is 13.1 Å². The Bertz CT molecular complexity index is 754. The van der Waals surface area contributed by atoms with E-state index in [-0.39, 0.29) is 17.5 Å². The van der Waals surface area contributed by atoms with Gasteiger partial charge in [0, 0.05) is 5.56 Å². The maximum atomic E-state index is 13.8. The van der Waals surface area contributed by atoms with E-state index in [1.165, 1.54) is 19.1 Å². The van der Waals surface area contributed by atoms with Crippen molar-refractivity contribution in [3.05, 3.63) is 62.4 Å². The Labute approximate surface area is 132 Å². The molecule has 0 aliphatic carbocycles. The second-order valence-corrected chi connectivity index (χ2v) is 4.98. The zero-order chi connectivity index (χ0) is 17.4. The van der Waals surface area contributed by atoms with Crippen LogP contribution in [0.15, 0.2) is 30.3 Å². The van der Waals surface area contributed by atoms with Gasteiger partial charge < -0.3 is 4.74 Å². The van der Waals surface area contributed by atoms with E-state index in [9.17, 15) is 27.7 Å². The maximum absolute atomic E-state index is 13.8. The molecule has 0 saturated heterocycles. The Morgan fingerprint density at radius 3 is 2.39 bits per heavy atom. The van der Waals surface area contributed by atoms with Crippen molar-refractivity contribution >= 4 is 17.3 Å². The maximum Gasteiger partial charge on any atom is 0.416 e. The summed E-state index contributed by atoms with van der Waals surface area (Å²) in [4.78, 5) is 10.2. The first-order valence-electron chi connectivity index (χ1n) is 6.08. The van der Waals surface area contributed by atoms with Crippen LogP contribution in [0.4, 0.5) is 23.2 Å². The molecule has 23 heavy (non-hydrogen) atoms. The third kappa shape index (κ3) is 3.70. The fourth-order valence-electron chi connectivity index (χ4n) is 1.79. The fourth-order valence-corrected chi connectivity index (χ4v) is 2.03. The van der Waals surface area contributed by atoms with Crippen LogP contribution >= 0.6 is 11.6 Å². The van der Waals surface area contributed by atoms with Gasteiger partial charge in [-0.15, -0.1) is 0 Å². The molecule has 0 aliphatic heterocycles. The zero-order valence-corrected chi connectivity index (χ0v) is 12.2. The number of nitro benzene ring substituents is 1. The monoisotopic (exact) mass is 349 g/mol. The second kappa shape index (κ2) is 6.04. The molecule has 0 saturated carbocycles. The summed E-state index contributed by atoms with van der Waals surface area (Å²) >= 11 is 5.63. The third-order valence-electron chi connectivity index (χ3n) is 2.92. The molecule has 9 heteroatoms. The number of hydrogen-bond donors (Lipinski definition) is 0. The topological polar surface area (TPSA) is 52.4 Å². The molecule has 0 N–H and O–H groups in total. The SMILES string of the molecule is Cc1ccc(Oc2c(F)cc(C(F)(F)F)cc2Cl)cc1[N+](=O)[O-]. The number of alkyl halides is 3. The summed E-state index contributed by atoms with van der Waals surface area (Å²) in [6, 6.07) is 4.47. The van der Waals surface area contributed by atoms with Crippen LogP contribution in [0.25, 0.3) is 0 Å². The van der Waals surface area contributed by atoms with Gasteiger partial charge in [-0.2, -0.15) is 13.2 Å². The van der Waals surface area contributed by atoms with Crippen molar-refractivity contribution in [2.75, 3.05) is 0 Å². The van der Waals surface area contributed by atoms with Gasteiger partial charge in [0.05, 0.1) is 21.6 Å². The molecular formula is C14H8ClF4NO3. The standard InChI is InChI=1S/C14H8ClF4NO3/c1-7-2-3-9(6-12(7)20(21)22)23-13-10(15)4-8(5-11(13)16)14(17,18)19/h2-6H,1H3. The lowest BCUT2D eigenvalue weighted by atomic mass is 10.2. The van der Waals surface area contributed by atoms with E-state index in [1.807, 2.05) is 0 Å². The minimum atomic E-state index is -4.76. The lowest BCUT2D eigenvalue weighted by Gasteiger charge is -2.12. The molecule has 0 fully saturated rings. The van der Waals surface area contributed by atoms with Crippen molar-refractivity contribution in [2.24, 2.45) is 0 Å². The van der Waals surface area contributed by atoms with Crippen LogP contribution in [-0.2, 0) is 6.18 Å². The van der Waals surface area contributed by atoms with Crippen LogP contribution in [-0.4, -0.2) is 4.92 Å². The predicted octanol–water partition coefficient (Wildman–Crippen LogP) is 5.51. The Balaban J connectivity index is 2.42. The summed E-state index contributed by atoms with van der Waals surface area (Å²) in [6.45, 7) is 1.49. The van der Waals surface area contributed by atoms with Crippen LogP contribution < -0.4 is 4.74 Å². The Kier molecular flexibility index (Phi) is 4.46. The summed E-state index contributed by atoms with van der Waals surface area (Å²) in [5, 5.41) is 10.2. The van der Waals surface area contributed by atoms with Crippen LogP contribution in [0, 0.1) is 22.9 Å². The Morgan fingerprint density at radius 1 is 1.22 bits per heavy atom. The number of ether oxygens (including phenoxy) is 1. The van der Waals surface area contributed by atoms with Crippen molar-refractivity contribution in [1.29, 1.82) is 0 Å². The lowest BCUT2D eigenvalue weighted by Crippen LogP contribution is -2.06. The number of nitrogens with zero attached hydrogens (tertiary/aromatic N) is 1. The van der Waals surface area contributed by atoms with E-state index in [2.05, 4.69) is 0 Å². The normalized spacial score (nSPS) is 11.4. The van der Waals surface area contributed by atoms with Gasteiger partial charge in [0.15, 0.2) is 11.6 Å². The molecule has 0 radical (unpaired) electrons. The molecule has 2 aromatic carbocycles. The van der Waals surface area contributed by atoms with Crippen LogP contribution in [0.5, 0.6) is 11.5 Å². The molecule has 0 amide bonds. The number of hydrogen-bond acceptors (Lipinski definition) is 3. The highest BCUT2D eigenvalue weighted by Gasteiger charge is 2.32. The van der Waals surface area contributed by atoms with Crippen molar-refractivity contribution in [1.82, 2.24) is 0 Å². The summed E-state index contributed by atoms with van der Waals surface area (Å²) < 4.78 is 56.6. The zero-order valence-electron chi connectivity index (χ0n) is 11.4. The summed E-state index contributed by atoms with van der Waals surface area (Å²) in [5.74, 6) is -2.09. The van der Waals surface area contributed by atoms with Gasteiger partial charge in [-0.25, -0.2) is 4.39 Å². The summed E-state index contributed by atoms with van der Waals surface area (Å²) in [6.07, 6.45) is -4.76. The highest BCUT2D eigenvalue weighted by atomic mass is 35.5. The number of aryl methyl sites for hydroxylation is 1. The average molecular weight is 350 g/mol. The Hall–Kier alpha value is -2.35. The lowest BCUT2D eigenvalue weighted by molar-refractivity contribution is -0.385. The van der Waals surface area contributed by atoms with E-state index >= 15 is 0 Å². The van der Waals surface area contributed by atoms with E-state index in [0.29, 0.717) is 11.6 Å². The van der Waals surface area contributed by atoms with Crippen molar-refractivity contribution in [3.8, 4) is 11.5 Å². The average Bonchev–Trinajstić information content (AvgIpc) is 2.43. The van der Waals surface area contributed by atoms with Gasteiger partial charge in [-0.05, 0) is 31.2 Å². The van der Waals surface area contributed by atoms with Crippen LogP contribution in [0.2, 0.25) is 5.02 Å². The fraction of sp³-hybridized carbons (Fsp3) is 0.143. The van der Waals surface area contributed by atoms with Gasteiger partial charge in [0.25, 0.3) is 5.69 Å². The number of benzene rings is 2. The molecule has 0 spiro atoms. The number of halogens is 5. The molecule has 0 aromatic heterocycles. The summed E-state index contributed by atoms with van der Waals surface area (Å²) in [5.41, 5.74) is -1.19. The second-order valence-electron chi connectivity index (χ2n) is 4.57. The van der Waals surface area contributed by atoms with Crippen molar-refractivity contribution < 1.29 is 27.2 Å². The predicted molar refractivity (Wildman–Crippen MR) is 74.3 cm³/mol. The van der Waals surface area contributed by atoms with Crippen LogP contribution in [0.3, 0.4) is 0 Å². The molecule has 2 rings (SSSR count). The molecular weight excluding hydrogens is 342 g/mol. The molecule has 4 nitrogen and oxygen atoms in total. The molecule has 0 unspecified atom stereocenters. The van der Waals surface area contributed by atoms with E-state index < -0.39 is 33.3 Å². The highest BCUT2D eigenvalue weighted by Crippen LogP contribution is 2.39. The Morgan fingerprint density at radius 2 is 1.87 bits per heavy atom. The first-order valence-corrected chi connectivity index (χ1v) is 6.46. The molecule has 0 aliphatic rings.